The summed E-state index contributed by atoms with van der Waals surface area (Å²) in [6.45, 7) is 3.84. The van der Waals surface area contributed by atoms with Gasteiger partial charge in [-0.15, -0.1) is 0 Å². The quantitative estimate of drug-likeness (QED) is 0.152. The summed E-state index contributed by atoms with van der Waals surface area (Å²) in [7, 11) is 3.93. The van der Waals surface area contributed by atoms with Crippen molar-refractivity contribution in [3.63, 3.8) is 0 Å². The third-order valence-electron chi connectivity index (χ3n) is 5.91. The molecular weight excluding hydrogens is 560 g/mol. The summed E-state index contributed by atoms with van der Waals surface area (Å²) in [6, 6.07) is 14.6. The molecule has 1 atom stereocenters. The summed E-state index contributed by atoms with van der Waals surface area (Å²) in [5.41, 5.74) is 7.39. The Morgan fingerprint density at radius 2 is 1.84 bits per heavy atom. The zero-order valence-electron chi connectivity index (χ0n) is 20.7. The number of H-pyrrole nitrogens is 1. The number of ether oxygens (including phenoxy) is 1. The molecule has 1 unspecified atom stereocenters. The molecule has 0 amide bonds. The van der Waals surface area contributed by atoms with Gasteiger partial charge in [-0.3, -0.25) is 15.3 Å². The van der Waals surface area contributed by atoms with Gasteiger partial charge in [0.1, 0.15) is 11.5 Å². The second-order valence-electron chi connectivity index (χ2n) is 8.52. The third-order valence-corrected chi connectivity index (χ3v) is 6.53. The normalized spacial score (nSPS) is 15.1. The van der Waals surface area contributed by atoms with Crippen LogP contribution in [0.1, 0.15) is 35.2 Å². The minimum absolute atomic E-state index is 0.102. The van der Waals surface area contributed by atoms with Crippen molar-refractivity contribution in [2.45, 2.75) is 19.8 Å². The molecular formula is C26H26BrClN6O3. The highest BCUT2D eigenvalue weighted by Crippen LogP contribution is 2.42. The predicted octanol–water partition coefficient (Wildman–Crippen LogP) is 4.69. The fourth-order valence-corrected chi connectivity index (χ4v) is 4.56. The number of fused-ring (bicyclic) bond motifs is 1. The van der Waals surface area contributed by atoms with Crippen molar-refractivity contribution >= 4 is 55.4 Å². The Kier molecular flexibility index (Phi) is 7.99. The van der Waals surface area contributed by atoms with Gasteiger partial charge in [0.25, 0.3) is 0 Å². The number of nitrogens with zero attached hydrogens (tertiary/aromatic N) is 3. The molecule has 11 heteroatoms. The summed E-state index contributed by atoms with van der Waals surface area (Å²) in [6.07, 6.45) is 0. The maximum atomic E-state index is 13.4. The molecule has 0 aliphatic carbocycles. The lowest BCUT2D eigenvalue weighted by Crippen LogP contribution is -2.31. The molecule has 2 heterocycles. The van der Waals surface area contributed by atoms with Crippen LogP contribution in [0.2, 0.25) is 5.02 Å². The van der Waals surface area contributed by atoms with Gasteiger partial charge in [-0.25, -0.2) is 4.79 Å². The first-order valence-electron chi connectivity index (χ1n) is 11.5. The number of carbonyl (C=O) groups excluding carboxylic acids is 2. The van der Waals surface area contributed by atoms with E-state index in [1.165, 1.54) is 0 Å². The third kappa shape index (κ3) is 5.55. The number of esters is 1. The molecule has 2 aromatic carbocycles. The molecule has 37 heavy (non-hydrogen) atoms. The zero-order valence-corrected chi connectivity index (χ0v) is 23.1. The Morgan fingerprint density at radius 3 is 2.43 bits per heavy atom. The number of aromatic amines is 1. The summed E-state index contributed by atoms with van der Waals surface area (Å²) in [5, 5.41) is 15.4. The predicted molar refractivity (Wildman–Crippen MR) is 148 cm³/mol. The molecule has 192 valence electrons. The second-order valence-corrected chi connectivity index (χ2v) is 9.67. The molecule has 0 saturated carbocycles. The topological polar surface area (TPSA) is 112 Å². The van der Waals surface area contributed by atoms with Gasteiger partial charge in [-0.2, -0.15) is 10.2 Å². The Labute approximate surface area is 228 Å². The van der Waals surface area contributed by atoms with Gasteiger partial charge < -0.3 is 15.0 Å². The van der Waals surface area contributed by atoms with Crippen molar-refractivity contribution in [1.29, 1.82) is 0 Å². The lowest BCUT2D eigenvalue weighted by molar-refractivity contribution is -0.138. The van der Waals surface area contributed by atoms with Crippen LogP contribution in [0.25, 0.3) is 0 Å². The number of aryl methyl sites for hydroxylation is 1. The molecule has 0 spiro atoms. The number of anilines is 2. The lowest BCUT2D eigenvalue weighted by Gasteiger charge is -2.29. The average molecular weight is 586 g/mol. The van der Waals surface area contributed by atoms with Crippen molar-refractivity contribution in [3.05, 3.63) is 87.3 Å². The number of hydrogen-bond acceptors (Lipinski definition) is 8. The van der Waals surface area contributed by atoms with E-state index in [9.17, 15) is 9.59 Å². The Balaban J connectivity index is 1.85. The second kappa shape index (κ2) is 11.2. The summed E-state index contributed by atoms with van der Waals surface area (Å²) in [5.74, 6) is -0.206. The Morgan fingerprint density at radius 1 is 1.16 bits per heavy atom. The number of benzene rings is 2. The molecule has 4 rings (SSSR count). The van der Waals surface area contributed by atoms with Crippen LogP contribution in [-0.4, -0.2) is 47.3 Å². The Hall–Kier alpha value is -3.63. The number of halogens is 2. The van der Waals surface area contributed by atoms with Gasteiger partial charge in [0, 0.05) is 41.6 Å². The molecule has 0 saturated heterocycles. The van der Waals surface area contributed by atoms with Crippen LogP contribution >= 0.6 is 27.5 Å². The number of hydrazone groups is 1. The molecule has 3 aromatic rings. The van der Waals surface area contributed by atoms with Crippen LogP contribution in [0.4, 0.5) is 11.5 Å². The first-order chi connectivity index (χ1) is 17.7. The molecule has 3 N–H and O–H groups in total. The molecule has 1 aliphatic heterocycles. The smallest absolute Gasteiger partial charge is 0.338 e. The van der Waals surface area contributed by atoms with Crippen LogP contribution in [0.3, 0.4) is 0 Å². The monoisotopic (exact) mass is 584 g/mol. The fourth-order valence-electron chi connectivity index (χ4n) is 4.12. The molecule has 9 nitrogen and oxygen atoms in total. The van der Waals surface area contributed by atoms with E-state index in [2.05, 4.69) is 42.0 Å². The summed E-state index contributed by atoms with van der Waals surface area (Å²) < 4.78 is 5.01. The van der Waals surface area contributed by atoms with Gasteiger partial charge >= 0.3 is 5.97 Å². The molecule has 1 aliphatic rings. The lowest BCUT2D eigenvalue weighted by atomic mass is 9.82. The fraction of sp³-hybridized carbons (Fsp3) is 0.231. The maximum Gasteiger partial charge on any atom is 0.338 e. The van der Waals surface area contributed by atoms with Gasteiger partial charge in [-0.05, 0) is 59.6 Å². The molecule has 0 fully saturated rings. The van der Waals surface area contributed by atoms with E-state index in [1.54, 1.807) is 31.2 Å². The average Bonchev–Trinajstić information content (AvgIpc) is 3.24. The van der Waals surface area contributed by atoms with E-state index < -0.39 is 16.6 Å². The van der Waals surface area contributed by atoms with E-state index >= 15 is 0 Å². The van der Waals surface area contributed by atoms with Crippen LogP contribution < -0.4 is 15.6 Å². The highest BCUT2D eigenvalue weighted by molar-refractivity contribution is 9.19. The van der Waals surface area contributed by atoms with Crippen molar-refractivity contribution in [3.8, 4) is 0 Å². The number of carbonyl (C=O) groups is 2. The van der Waals surface area contributed by atoms with E-state index in [1.807, 2.05) is 50.2 Å². The van der Waals surface area contributed by atoms with Gasteiger partial charge in [0.2, 0.25) is 4.69 Å². The van der Waals surface area contributed by atoms with Crippen LogP contribution in [-0.2, 0) is 14.3 Å². The number of hydrogen-bond donors (Lipinski definition) is 3. The maximum absolute atomic E-state index is 13.4. The Bertz CT molecular complexity index is 1380. The SMILES string of the molecule is CCOC(=O)C1=C(N/N=C(/C(=O)Br)c2ccc(Cl)cc2)Nc2n[nH]c(C)c2C1c1ccc(N(C)C)cc1. The standard InChI is InChI=1S/C26H26BrClN6O3/c1-5-37-26(36)21-20(15-8-12-18(13-9-15)34(3)4)19-14(2)30-32-24(19)29-25(21)33-31-22(23(27)35)16-6-10-17(28)11-7-16/h6-13,20,33H,5H2,1-4H3,(H2,29,30,32)/b31-22+. The van der Waals surface area contributed by atoms with Gasteiger partial charge in [0.05, 0.1) is 18.1 Å². The largest absolute Gasteiger partial charge is 0.463 e. The van der Waals surface area contributed by atoms with Crippen molar-refractivity contribution in [2.75, 3.05) is 30.9 Å². The highest BCUT2D eigenvalue weighted by atomic mass is 79.9. The first kappa shape index (κ1) is 26.4. The van der Waals surface area contributed by atoms with E-state index in [0.717, 1.165) is 22.5 Å². The minimum Gasteiger partial charge on any atom is -0.463 e. The van der Waals surface area contributed by atoms with Crippen LogP contribution in [0, 0.1) is 6.92 Å². The number of nitrogens with one attached hydrogen (secondary N) is 3. The number of aromatic nitrogens is 2. The van der Waals surface area contributed by atoms with Crippen LogP contribution in [0.5, 0.6) is 0 Å². The zero-order chi connectivity index (χ0) is 26.7. The summed E-state index contributed by atoms with van der Waals surface area (Å²) in [4.78, 5) is 27.7. The summed E-state index contributed by atoms with van der Waals surface area (Å²) >= 11 is 8.99. The first-order valence-corrected chi connectivity index (χ1v) is 12.7. The van der Waals surface area contributed by atoms with Gasteiger partial charge in [0.15, 0.2) is 5.82 Å². The van der Waals surface area contributed by atoms with Gasteiger partial charge in [-0.1, -0.05) is 35.9 Å². The van der Waals surface area contributed by atoms with Crippen molar-refractivity contribution in [2.24, 2.45) is 5.10 Å². The van der Waals surface area contributed by atoms with Crippen molar-refractivity contribution in [1.82, 2.24) is 15.6 Å². The number of rotatable bonds is 8. The van der Waals surface area contributed by atoms with E-state index in [-0.39, 0.29) is 18.1 Å². The van der Waals surface area contributed by atoms with E-state index in [4.69, 9.17) is 16.3 Å². The van der Waals surface area contributed by atoms with Crippen LogP contribution in [0.15, 0.2) is 65.0 Å². The molecule has 0 bridgehead atoms. The molecule has 1 aromatic heterocycles. The van der Waals surface area contributed by atoms with E-state index in [0.29, 0.717) is 22.0 Å². The molecule has 0 radical (unpaired) electrons. The van der Waals surface area contributed by atoms with Crippen molar-refractivity contribution < 1.29 is 14.3 Å². The highest BCUT2D eigenvalue weighted by Gasteiger charge is 2.37. The minimum atomic E-state index is -0.515.